The third-order valence-corrected chi connectivity index (χ3v) is 3.23. The molecule has 0 radical (unpaired) electrons. The molecule has 0 unspecified atom stereocenters. The molecule has 2 N–H and O–H groups in total. The highest BCUT2D eigenvalue weighted by atomic mass is 32.1. The molecule has 2 aromatic rings. The van der Waals surface area contributed by atoms with Crippen LogP contribution in [0.25, 0.3) is 0 Å². The lowest BCUT2D eigenvalue weighted by Crippen LogP contribution is -2.17. The number of hydrogen-bond acceptors (Lipinski definition) is 4. The van der Waals surface area contributed by atoms with Crippen molar-refractivity contribution in [2.75, 3.05) is 7.05 Å². The summed E-state index contributed by atoms with van der Waals surface area (Å²) in [6.45, 7) is 2.30. The van der Waals surface area contributed by atoms with E-state index in [2.05, 4.69) is 28.8 Å². The van der Waals surface area contributed by atoms with E-state index in [1.807, 2.05) is 6.07 Å². The lowest BCUT2D eigenvalue weighted by molar-refractivity contribution is 0.316. The Bertz CT molecular complexity index is 422. The fourth-order valence-electron chi connectivity index (χ4n) is 1.73. The van der Waals surface area contributed by atoms with Crippen LogP contribution in [0.5, 0.6) is 0 Å². The van der Waals surface area contributed by atoms with E-state index in [1.54, 1.807) is 17.6 Å². The van der Waals surface area contributed by atoms with E-state index in [0.29, 0.717) is 6.54 Å². The van der Waals surface area contributed by atoms with Crippen LogP contribution in [0.4, 0.5) is 0 Å². The average molecular weight is 236 g/mol. The zero-order valence-electron chi connectivity index (χ0n) is 9.35. The quantitative estimate of drug-likeness (QED) is 0.867. The van der Waals surface area contributed by atoms with Crippen LogP contribution in [0.1, 0.15) is 16.9 Å². The van der Waals surface area contributed by atoms with E-state index in [9.17, 15) is 0 Å². The number of hydrogen-bond donors (Lipinski definition) is 1. The summed E-state index contributed by atoms with van der Waals surface area (Å²) in [5, 5.41) is 4.28. The first-order valence-corrected chi connectivity index (χ1v) is 6.19. The predicted octanol–water partition coefficient (Wildman–Crippen LogP) is 2.43. The van der Waals surface area contributed by atoms with Crippen molar-refractivity contribution >= 4 is 11.3 Å². The van der Waals surface area contributed by atoms with E-state index >= 15 is 0 Å². The van der Waals surface area contributed by atoms with Gasteiger partial charge in [0.1, 0.15) is 5.76 Å². The Morgan fingerprint density at radius 1 is 1.38 bits per heavy atom. The van der Waals surface area contributed by atoms with Gasteiger partial charge in [-0.05, 0) is 35.5 Å². The smallest absolute Gasteiger partial charge is 0.121 e. The molecule has 0 spiro atoms. The molecule has 4 heteroatoms. The number of thiophene rings is 1. The minimum Gasteiger partial charge on any atom is -0.468 e. The third-order valence-electron chi connectivity index (χ3n) is 2.50. The summed E-state index contributed by atoms with van der Waals surface area (Å²) < 4.78 is 5.30. The molecule has 86 valence electrons. The van der Waals surface area contributed by atoms with Crippen molar-refractivity contribution in [3.8, 4) is 0 Å². The van der Waals surface area contributed by atoms with Gasteiger partial charge in [-0.1, -0.05) is 0 Å². The first-order chi connectivity index (χ1) is 7.79. The maximum absolute atomic E-state index is 5.60. The molecule has 2 rings (SSSR count). The zero-order chi connectivity index (χ0) is 11.4. The van der Waals surface area contributed by atoms with Crippen LogP contribution in [-0.2, 0) is 19.6 Å². The van der Waals surface area contributed by atoms with Crippen molar-refractivity contribution in [3.05, 3.63) is 46.0 Å². The molecular weight excluding hydrogens is 220 g/mol. The van der Waals surface area contributed by atoms with Crippen LogP contribution in [0.15, 0.2) is 33.6 Å². The van der Waals surface area contributed by atoms with E-state index in [0.717, 1.165) is 18.8 Å². The highest BCUT2D eigenvalue weighted by Gasteiger charge is 2.08. The minimum absolute atomic E-state index is 0.467. The lowest BCUT2D eigenvalue weighted by Gasteiger charge is -2.15. The van der Waals surface area contributed by atoms with E-state index in [-0.39, 0.29) is 0 Å². The van der Waals surface area contributed by atoms with Gasteiger partial charge in [-0.2, -0.15) is 11.3 Å². The molecule has 16 heavy (non-hydrogen) atoms. The van der Waals surface area contributed by atoms with E-state index in [4.69, 9.17) is 10.2 Å². The van der Waals surface area contributed by atoms with Crippen LogP contribution >= 0.6 is 11.3 Å². The molecule has 0 aromatic carbocycles. The van der Waals surface area contributed by atoms with Gasteiger partial charge in [0, 0.05) is 18.7 Å². The summed E-state index contributed by atoms with van der Waals surface area (Å²) >= 11 is 1.73. The van der Waals surface area contributed by atoms with Crippen LogP contribution in [0, 0.1) is 0 Å². The SMILES string of the molecule is CN(Cc1ccsc1)Cc1ccoc1CN. The molecule has 2 aromatic heterocycles. The highest BCUT2D eigenvalue weighted by molar-refractivity contribution is 7.07. The summed E-state index contributed by atoms with van der Waals surface area (Å²) in [6.07, 6.45) is 1.70. The Balaban J connectivity index is 1.94. The normalized spacial score (nSPS) is 11.2. The van der Waals surface area contributed by atoms with Gasteiger partial charge in [0.2, 0.25) is 0 Å². The Morgan fingerprint density at radius 3 is 2.94 bits per heavy atom. The highest BCUT2D eigenvalue weighted by Crippen LogP contribution is 2.14. The Labute approximate surface area is 99.5 Å². The second-order valence-corrected chi connectivity index (χ2v) is 4.66. The van der Waals surface area contributed by atoms with Gasteiger partial charge in [-0.25, -0.2) is 0 Å². The van der Waals surface area contributed by atoms with Gasteiger partial charge >= 0.3 is 0 Å². The molecule has 0 amide bonds. The van der Waals surface area contributed by atoms with Gasteiger partial charge in [0.05, 0.1) is 12.8 Å². The number of nitrogens with two attached hydrogens (primary N) is 1. The molecule has 0 atom stereocenters. The molecule has 0 bridgehead atoms. The van der Waals surface area contributed by atoms with Crippen LogP contribution < -0.4 is 5.73 Å². The van der Waals surface area contributed by atoms with Gasteiger partial charge in [0.15, 0.2) is 0 Å². The number of furan rings is 1. The van der Waals surface area contributed by atoms with Crippen LogP contribution in [-0.4, -0.2) is 11.9 Å². The van der Waals surface area contributed by atoms with Crippen LogP contribution in [0.2, 0.25) is 0 Å². The zero-order valence-corrected chi connectivity index (χ0v) is 10.2. The molecule has 0 aliphatic rings. The molecule has 2 heterocycles. The lowest BCUT2D eigenvalue weighted by atomic mass is 10.2. The molecule has 3 nitrogen and oxygen atoms in total. The molecule has 0 aliphatic carbocycles. The third kappa shape index (κ3) is 2.72. The van der Waals surface area contributed by atoms with E-state index < -0.39 is 0 Å². The largest absolute Gasteiger partial charge is 0.468 e. The second kappa shape index (κ2) is 5.30. The Morgan fingerprint density at radius 2 is 2.25 bits per heavy atom. The minimum atomic E-state index is 0.467. The van der Waals surface area contributed by atoms with Gasteiger partial charge in [-0.15, -0.1) is 0 Å². The maximum Gasteiger partial charge on any atom is 0.121 e. The molecule has 0 saturated heterocycles. The summed E-state index contributed by atoms with van der Waals surface area (Å²) in [5.41, 5.74) is 8.13. The summed E-state index contributed by atoms with van der Waals surface area (Å²) in [7, 11) is 2.10. The molecule has 0 fully saturated rings. The van der Waals surface area contributed by atoms with Crippen molar-refractivity contribution in [2.24, 2.45) is 5.73 Å². The maximum atomic E-state index is 5.60. The summed E-state index contributed by atoms with van der Waals surface area (Å²) in [6, 6.07) is 4.15. The van der Waals surface area contributed by atoms with Gasteiger partial charge in [0.25, 0.3) is 0 Å². The van der Waals surface area contributed by atoms with Crippen molar-refractivity contribution in [2.45, 2.75) is 19.6 Å². The van der Waals surface area contributed by atoms with Gasteiger partial charge in [-0.3, -0.25) is 4.90 Å². The van der Waals surface area contributed by atoms with Gasteiger partial charge < -0.3 is 10.2 Å². The molecular formula is C12H16N2OS. The van der Waals surface area contributed by atoms with E-state index in [1.165, 1.54) is 11.1 Å². The van der Waals surface area contributed by atoms with Crippen LogP contribution in [0.3, 0.4) is 0 Å². The fraction of sp³-hybridized carbons (Fsp3) is 0.333. The molecule has 0 aliphatic heterocycles. The standard InChI is InChI=1S/C12H16N2OS/c1-14(7-10-3-5-16-9-10)8-11-2-4-15-12(11)6-13/h2-5,9H,6-8,13H2,1H3. The summed E-state index contributed by atoms with van der Waals surface area (Å²) in [4.78, 5) is 2.26. The van der Waals surface area contributed by atoms with Crippen molar-refractivity contribution in [1.29, 1.82) is 0 Å². The first kappa shape index (κ1) is 11.4. The van der Waals surface area contributed by atoms with Crippen molar-refractivity contribution in [3.63, 3.8) is 0 Å². The Hall–Kier alpha value is -1.10. The molecule has 0 saturated carbocycles. The Kier molecular flexibility index (Phi) is 3.77. The van der Waals surface area contributed by atoms with Crippen molar-refractivity contribution in [1.82, 2.24) is 4.90 Å². The first-order valence-electron chi connectivity index (χ1n) is 5.24. The second-order valence-electron chi connectivity index (χ2n) is 3.88. The van der Waals surface area contributed by atoms with Crippen molar-refractivity contribution < 1.29 is 4.42 Å². The predicted molar refractivity (Wildman–Crippen MR) is 66.1 cm³/mol. The average Bonchev–Trinajstić information content (AvgIpc) is 2.88. The fourth-order valence-corrected chi connectivity index (χ4v) is 2.39. The summed E-state index contributed by atoms with van der Waals surface area (Å²) in [5.74, 6) is 0.886. The number of nitrogens with zero attached hydrogens (tertiary/aromatic N) is 1. The topological polar surface area (TPSA) is 42.4 Å². The monoisotopic (exact) mass is 236 g/mol. The number of rotatable bonds is 5.